The van der Waals surface area contributed by atoms with Crippen molar-refractivity contribution in [2.75, 3.05) is 18.5 Å². The minimum absolute atomic E-state index is 0.0885. The van der Waals surface area contributed by atoms with Gasteiger partial charge >= 0.3 is 0 Å². The van der Waals surface area contributed by atoms with Crippen LogP contribution in [-0.2, 0) is 0 Å². The van der Waals surface area contributed by atoms with Crippen molar-refractivity contribution in [2.24, 2.45) is 5.41 Å². The summed E-state index contributed by atoms with van der Waals surface area (Å²) < 4.78 is 5.53. The van der Waals surface area contributed by atoms with Crippen LogP contribution in [-0.4, -0.2) is 34.3 Å². The largest absolute Gasteiger partial charge is 0.475 e. The Balaban J connectivity index is 2.66. The first-order chi connectivity index (χ1) is 9.05. The van der Waals surface area contributed by atoms with Gasteiger partial charge in [0.2, 0.25) is 5.88 Å². The molecule has 1 aromatic heterocycles. The third kappa shape index (κ3) is 4.67. The van der Waals surface area contributed by atoms with Gasteiger partial charge in [-0.15, -0.1) is 0 Å². The molecule has 0 aliphatic rings. The molecule has 1 heterocycles. The number of nitrogens with one attached hydrogen (secondary N) is 1. The summed E-state index contributed by atoms with van der Waals surface area (Å²) in [5, 5.41) is 12.8. The lowest BCUT2D eigenvalue weighted by Crippen LogP contribution is -2.32. The Morgan fingerprint density at radius 3 is 2.53 bits per heavy atom. The van der Waals surface area contributed by atoms with Crippen LogP contribution in [0.5, 0.6) is 5.88 Å². The molecule has 1 rings (SSSR count). The predicted molar refractivity (Wildman–Crippen MR) is 76.4 cm³/mol. The molecule has 5 nitrogen and oxygen atoms in total. The lowest BCUT2D eigenvalue weighted by molar-refractivity contribution is 0.127. The van der Waals surface area contributed by atoms with E-state index in [1.807, 2.05) is 13.8 Å². The summed E-state index contributed by atoms with van der Waals surface area (Å²) >= 11 is 0. The Bertz CT molecular complexity index is 370. The van der Waals surface area contributed by atoms with E-state index in [1.54, 1.807) is 6.07 Å². The Morgan fingerprint density at radius 2 is 2.00 bits per heavy atom. The molecule has 0 saturated carbocycles. The molecule has 0 amide bonds. The van der Waals surface area contributed by atoms with Gasteiger partial charge in [-0.05, 0) is 26.7 Å². The lowest BCUT2D eigenvalue weighted by atomic mass is 9.83. The van der Waals surface area contributed by atoms with Gasteiger partial charge in [-0.3, -0.25) is 0 Å². The van der Waals surface area contributed by atoms with Crippen LogP contribution in [0.1, 0.15) is 40.5 Å². The molecule has 0 atom stereocenters. The van der Waals surface area contributed by atoms with E-state index in [2.05, 4.69) is 29.1 Å². The second-order valence-electron chi connectivity index (χ2n) is 5.13. The summed E-state index contributed by atoms with van der Waals surface area (Å²) in [6, 6.07) is 1.79. The van der Waals surface area contributed by atoms with Gasteiger partial charge in [0.05, 0.1) is 12.7 Å². The van der Waals surface area contributed by atoms with Crippen LogP contribution in [0, 0.1) is 5.41 Å². The molecule has 0 aliphatic heterocycles. The van der Waals surface area contributed by atoms with Gasteiger partial charge in [0, 0.05) is 18.0 Å². The summed E-state index contributed by atoms with van der Waals surface area (Å²) in [5.41, 5.74) is -0.0932. The molecule has 5 heteroatoms. The second-order valence-corrected chi connectivity index (χ2v) is 5.13. The molecule has 1 aromatic rings. The zero-order valence-electron chi connectivity index (χ0n) is 12.3. The molecular formula is C14H25N3O2. The van der Waals surface area contributed by atoms with Gasteiger partial charge in [-0.1, -0.05) is 13.8 Å². The van der Waals surface area contributed by atoms with Crippen molar-refractivity contribution in [3.63, 3.8) is 0 Å². The van der Waals surface area contributed by atoms with E-state index >= 15 is 0 Å². The highest BCUT2D eigenvalue weighted by atomic mass is 16.5. The van der Waals surface area contributed by atoms with E-state index < -0.39 is 0 Å². The van der Waals surface area contributed by atoms with Gasteiger partial charge in [0.15, 0.2) is 0 Å². The first-order valence-electron chi connectivity index (χ1n) is 6.88. The highest BCUT2D eigenvalue weighted by molar-refractivity contribution is 5.37. The standard InChI is InChI=1S/C14H25N3O2/c1-5-14(6-2,9-18)8-15-12-7-13(17-10-16-12)19-11(3)4/h7,10-11,18H,5-6,8-9H2,1-4H3,(H,15,16,17). The summed E-state index contributed by atoms with van der Waals surface area (Å²) in [5.74, 6) is 1.29. The smallest absolute Gasteiger partial charge is 0.218 e. The van der Waals surface area contributed by atoms with Crippen LogP contribution in [0.4, 0.5) is 5.82 Å². The van der Waals surface area contributed by atoms with Gasteiger partial charge in [0.25, 0.3) is 0 Å². The van der Waals surface area contributed by atoms with Crippen molar-refractivity contribution >= 4 is 5.82 Å². The SMILES string of the molecule is CCC(CC)(CO)CNc1cc(OC(C)C)ncn1. The Hall–Kier alpha value is -1.36. The number of rotatable bonds is 8. The van der Waals surface area contributed by atoms with E-state index in [9.17, 15) is 5.11 Å². The van der Waals surface area contributed by atoms with Gasteiger partial charge in [0.1, 0.15) is 12.1 Å². The number of anilines is 1. The van der Waals surface area contributed by atoms with Crippen molar-refractivity contribution in [3.05, 3.63) is 12.4 Å². The summed E-state index contributed by atoms with van der Waals surface area (Å²) in [4.78, 5) is 8.23. The van der Waals surface area contributed by atoms with Crippen molar-refractivity contribution in [1.82, 2.24) is 9.97 Å². The zero-order chi connectivity index (χ0) is 14.3. The highest BCUT2D eigenvalue weighted by Crippen LogP contribution is 2.26. The number of aliphatic hydroxyl groups excluding tert-OH is 1. The molecule has 0 saturated heterocycles. The summed E-state index contributed by atoms with van der Waals surface area (Å²) in [6.07, 6.45) is 3.42. The number of aromatic nitrogens is 2. The van der Waals surface area contributed by atoms with E-state index in [1.165, 1.54) is 6.33 Å². The van der Waals surface area contributed by atoms with E-state index in [-0.39, 0.29) is 18.1 Å². The molecule has 0 spiro atoms. The number of hydrogen-bond donors (Lipinski definition) is 2. The number of hydrogen-bond acceptors (Lipinski definition) is 5. The fourth-order valence-corrected chi connectivity index (χ4v) is 1.80. The van der Waals surface area contributed by atoms with Crippen molar-refractivity contribution < 1.29 is 9.84 Å². The lowest BCUT2D eigenvalue weighted by Gasteiger charge is -2.29. The maximum atomic E-state index is 9.53. The monoisotopic (exact) mass is 267 g/mol. The molecule has 108 valence electrons. The molecule has 0 radical (unpaired) electrons. The zero-order valence-corrected chi connectivity index (χ0v) is 12.3. The molecule has 0 unspecified atom stereocenters. The Morgan fingerprint density at radius 1 is 1.32 bits per heavy atom. The fourth-order valence-electron chi connectivity index (χ4n) is 1.80. The normalized spacial score (nSPS) is 11.7. The first-order valence-corrected chi connectivity index (χ1v) is 6.88. The Labute approximate surface area is 115 Å². The van der Waals surface area contributed by atoms with E-state index in [0.717, 1.165) is 18.7 Å². The minimum atomic E-state index is -0.0932. The quantitative estimate of drug-likeness (QED) is 0.757. The van der Waals surface area contributed by atoms with Crippen LogP contribution in [0.25, 0.3) is 0 Å². The van der Waals surface area contributed by atoms with Crippen LogP contribution in [0.3, 0.4) is 0 Å². The molecule has 19 heavy (non-hydrogen) atoms. The number of nitrogens with zero attached hydrogens (tertiary/aromatic N) is 2. The van der Waals surface area contributed by atoms with Crippen molar-refractivity contribution in [1.29, 1.82) is 0 Å². The molecule has 0 bridgehead atoms. The fraction of sp³-hybridized carbons (Fsp3) is 0.714. The van der Waals surface area contributed by atoms with Gasteiger partial charge in [-0.2, -0.15) is 0 Å². The summed E-state index contributed by atoms with van der Waals surface area (Å²) in [6.45, 7) is 8.96. The molecule has 0 fully saturated rings. The van der Waals surface area contributed by atoms with Crippen molar-refractivity contribution in [2.45, 2.75) is 46.6 Å². The average Bonchev–Trinajstić information content (AvgIpc) is 2.41. The second kappa shape index (κ2) is 7.28. The maximum Gasteiger partial charge on any atom is 0.218 e. The molecule has 2 N–H and O–H groups in total. The van der Waals surface area contributed by atoms with Gasteiger partial charge in [-0.25, -0.2) is 9.97 Å². The van der Waals surface area contributed by atoms with Crippen molar-refractivity contribution in [3.8, 4) is 5.88 Å². The summed E-state index contributed by atoms with van der Waals surface area (Å²) in [7, 11) is 0. The molecule has 0 aromatic carbocycles. The topological polar surface area (TPSA) is 67.3 Å². The molecular weight excluding hydrogens is 242 g/mol. The van der Waals surface area contributed by atoms with Crippen LogP contribution in [0.2, 0.25) is 0 Å². The van der Waals surface area contributed by atoms with E-state index in [4.69, 9.17) is 4.74 Å². The predicted octanol–water partition coefficient (Wildman–Crippen LogP) is 2.47. The van der Waals surface area contributed by atoms with Gasteiger partial charge < -0.3 is 15.2 Å². The van der Waals surface area contributed by atoms with Crippen LogP contribution < -0.4 is 10.1 Å². The Kier molecular flexibility index (Phi) is 6.02. The number of ether oxygens (including phenoxy) is 1. The minimum Gasteiger partial charge on any atom is -0.475 e. The maximum absolute atomic E-state index is 9.53. The average molecular weight is 267 g/mol. The van der Waals surface area contributed by atoms with E-state index in [0.29, 0.717) is 12.4 Å². The molecule has 0 aliphatic carbocycles. The van der Waals surface area contributed by atoms with Crippen LogP contribution in [0.15, 0.2) is 12.4 Å². The first kappa shape index (κ1) is 15.7. The third-order valence-electron chi connectivity index (χ3n) is 3.48. The van der Waals surface area contributed by atoms with Crippen LogP contribution >= 0.6 is 0 Å². The third-order valence-corrected chi connectivity index (χ3v) is 3.48. The number of aliphatic hydroxyl groups is 1. The highest BCUT2D eigenvalue weighted by Gasteiger charge is 2.25.